The van der Waals surface area contributed by atoms with Crippen molar-refractivity contribution in [1.29, 1.82) is 0 Å². The van der Waals surface area contributed by atoms with Crippen molar-refractivity contribution in [2.24, 2.45) is 5.41 Å². The number of nitrogens with zero attached hydrogens (tertiary/aromatic N) is 9. The minimum atomic E-state index is -3.09. The summed E-state index contributed by atoms with van der Waals surface area (Å²) in [5.74, 6) is -5.81. The van der Waals surface area contributed by atoms with Crippen molar-refractivity contribution in [2.45, 2.75) is 56.7 Å². The predicted molar refractivity (Wildman–Crippen MR) is 247 cm³/mol. The molecule has 0 radical (unpaired) electrons. The van der Waals surface area contributed by atoms with Gasteiger partial charge in [0.05, 0.1) is 43.1 Å². The molecule has 1 spiro atoms. The van der Waals surface area contributed by atoms with Crippen molar-refractivity contribution in [1.82, 2.24) is 44.7 Å². The molecule has 69 heavy (non-hydrogen) atoms. The molecule has 6 aliphatic heterocycles. The number of piperidine rings is 1. The van der Waals surface area contributed by atoms with Crippen LogP contribution in [0.25, 0.3) is 22.0 Å². The van der Waals surface area contributed by atoms with E-state index in [0.29, 0.717) is 58.3 Å². The van der Waals surface area contributed by atoms with Gasteiger partial charge in [-0.1, -0.05) is 18.2 Å². The maximum atomic E-state index is 16.0. The summed E-state index contributed by atoms with van der Waals surface area (Å²) in [7, 11) is 0. The number of aromatic amines is 1. The highest BCUT2D eigenvalue weighted by molar-refractivity contribution is 7.13. The Morgan fingerprint density at radius 2 is 1.75 bits per heavy atom. The maximum absolute atomic E-state index is 16.0. The number of rotatable bonds is 10. The van der Waals surface area contributed by atoms with Gasteiger partial charge in [-0.05, 0) is 78.9 Å². The smallest absolute Gasteiger partial charge is 0.329 e. The molecule has 21 heteroatoms. The van der Waals surface area contributed by atoms with Gasteiger partial charge in [0.2, 0.25) is 11.8 Å². The van der Waals surface area contributed by atoms with Crippen molar-refractivity contribution in [3.63, 3.8) is 0 Å². The minimum Gasteiger partial charge on any atom is -0.370 e. The Bertz CT molecular complexity index is 3090. The Hall–Kier alpha value is -7.13. The van der Waals surface area contributed by atoms with Gasteiger partial charge >= 0.3 is 6.03 Å². The van der Waals surface area contributed by atoms with Crippen molar-refractivity contribution in [3.05, 3.63) is 106 Å². The van der Waals surface area contributed by atoms with E-state index >= 15 is 13.2 Å². The molecule has 6 aromatic rings. The number of aromatic nitrogens is 5. The number of carbonyl (C=O) groups excluding carboxylic acids is 5. The number of imidazole rings is 1. The molecule has 0 bridgehead atoms. The van der Waals surface area contributed by atoms with Crippen LogP contribution in [0.4, 0.5) is 34.6 Å². The summed E-state index contributed by atoms with van der Waals surface area (Å²) in [5.41, 5.74) is 4.90. The molecule has 6 amide bonds. The number of anilines is 3. The van der Waals surface area contributed by atoms with Crippen molar-refractivity contribution < 1.29 is 37.1 Å². The van der Waals surface area contributed by atoms with E-state index in [1.165, 1.54) is 32.1 Å². The van der Waals surface area contributed by atoms with Crippen LogP contribution in [0.1, 0.15) is 64.1 Å². The van der Waals surface area contributed by atoms with Crippen LogP contribution in [-0.4, -0.2) is 127 Å². The molecule has 12 rings (SSSR count). The number of carbonyl (C=O) groups is 5. The van der Waals surface area contributed by atoms with Crippen LogP contribution in [0, 0.1) is 11.2 Å². The van der Waals surface area contributed by atoms with Crippen molar-refractivity contribution in [3.8, 4) is 11.1 Å². The van der Waals surface area contributed by atoms with Crippen LogP contribution in [0.5, 0.6) is 0 Å². The van der Waals surface area contributed by atoms with Crippen LogP contribution in [0.2, 0.25) is 0 Å². The van der Waals surface area contributed by atoms with Gasteiger partial charge < -0.3 is 19.3 Å². The lowest BCUT2D eigenvalue weighted by Crippen LogP contribution is -2.73. The third-order valence-corrected chi connectivity index (χ3v) is 15.3. The SMILES string of the molecule is O=C1CCN(c2n[nH]c3cc(C4CCN(CC(=O)N5CC6(C5)CN(c5ccc(-c7cc(F)c8c(c7)C(=O)N(C(C(=O)Nc7nccs7)c7ncn9c7CCC9)C8)cc5)C6)CC4(F)F)ccc23)C(=O)N1. The number of thiazole rings is 1. The molecule has 3 N–H and O–H groups in total. The maximum Gasteiger partial charge on any atom is 0.329 e. The number of benzene rings is 3. The van der Waals surface area contributed by atoms with E-state index in [1.54, 1.807) is 47.1 Å². The second kappa shape index (κ2) is 16.3. The summed E-state index contributed by atoms with van der Waals surface area (Å²) in [5, 5.41) is 14.9. The number of hydrogen-bond donors (Lipinski definition) is 3. The Balaban J connectivity index is 0.648. The average Bonchev–Trinajstić information content (AvgIpc) is 4.15. The highest BCUT2D eigenvalue weighted by atomic mass is 32.1. The molecular weight excluding hydrogens is 914 g/mol. The second-order valence-corrected chi connectivity index (χ2v) is 20.0. The monoisotopic (exact) mass is 958 g/mol. The fraction of sp³-hybridized carbons (Fsp3) is 0.375. The molecule has 2 atom stereocenters. The number of imide groups is 1. The summed E-state index contributed by atoms with van der Waals surface area (Å²) in [6, 6.07) is 14.1. The van der Waals surface area contributed by atoms with Crippen molar-refractivity contribution >= 4 is 68.5 Å². The third-order valence-electron chi connectivity index (χ3n) is 14.6. The van der Waals surface area contributed by atoms with Gasteiger partial charge in [-0.25, -0.2) is 27.9 Å². The van der Waals surface area contributed by atoms with Crippen LogP contribution in [-0.2, 0) is 33.9 Å². The van der Waals surface area contributed by atoms with E-state index in [1.807, 2.05) is 28.8 Å². The molecule has 6 aliphatic rings. The Morgan fingerprint density at radius 1 is 0.928 bits per heavy atom. The standard InChI is InChI=1S/C48H45F3N12O5S/c49-35-17-29(16-32-33(35)19-63(44(32)67)41(43(66)55-45-52-11-15-69-45)40-37-2-1-12-59(37)26-53-40)27-3-6-30(7-4-27)60-21-47(22-60)23-61(24-47)39(65)20-58-13-9-34(48(50,51)25-58)28-5-8-31-36(18-28)56-57-42(31)62-14-10-38(64)54-46(62)68/h3-8,11,15-18,26,34,41H,1-2,9-10,12-14,19-25H2,(H,56,57)(H,52,55,66)(H,54,64,68). The molecular formula is C48H45F3N12O5S. The fourth-order valence-electron chi connectivity index (χ4n) is 11.2. The highest BCUT2D eigenvalue weighted by Gasteiger charge is 2.54. The van der Waals surface area contributed by atoms with Gasteiger partial charge in [-0.15, -0.1) is 11.3 Å². The Morgan fingerprint density at radius 3 is 2.52 bits per heavy atom. The number of fused-ring (bicyclic) bond motifs is 3. The third kappa shape index (κ3) is 7.49. The lowest BCUT2D eigenvalue weighted by molar-refractivity contribution is -0.149. The highest BCUT2D eigenvalue weighted by Crippen LogP contribution is 2.45. The normalized spacial score (nSPS) is 21.0. The van der Waals surface area contributed by atoms with Crippen molar-refractivity contribution in [2.75, 3.05) is 67.5 Å². The summed E-state index contributed by atoms with van der Waals surface area (Å²) in [6.07, 6.45) is 5.18. The number of aryl methyl sites for hydroxylation is 1. The largest absolute Gasteiger partial charge is 0.370 e. The van der Waals surface area contributed by atoms with Gasteiger partial charge in [-0.2, -0.15) is 5.10 Å². The zero-order chi connectivity index (χ0) is 47.3. The van der Waals surface area contributed by atoms with Crippen LogP contribution < -0.4 is 20.4 Å². The summed E-state index contributed by atoms with van der Waals surface area (Å²) >= 11 is 1.26. The zero-order valence-electron chi connectivity index (χ0n) is 37.1. The first-order chi connectivity index (χ1) is 33.3. The molecule has 4 saturated heterocycles. The Labute approximate surface area is 396 Å². The lowest BCUT2D eigenvalue weighted by atomic mass is 9.72. The molecule has 0 saturated carbocycles. The lowest BCUT2D eigenvalue weighted by Gasteiger charge is -2.61. The van der Waals surface area contributed by atoms with Gasteiger partial charge in [0, 0.05) is 90.6 Å². The number of urea groups is 1. The molecule has 3 aromatic carbocycles. The topological polar surface area (TPSA) is 185 Å². The quantitative estimate of drug-likeness (QED) is 0.158. The fourth-order valence-corrected chi connectivity index (χ4v) is 11.7. The van der Waals surface area contributed by atoms with Gasteiger partial charge in [-0.3, -0.25) is 44.7 Å². The first-order valence-corrected chi connectivity index (χ1v) is 23.9. The molecule has 2 unspecified atom stereocenters. The number of hydrogen-bond acceptors (Lipinski definition) is 11. The zero-order valence-corrected chi connectivity index (χ0v) is 37.9. The minimum absolute atomic E-state index is 0.0767. The number of halogens is 3. The second-order valence-electron chi connectivity index (χ2n) is 19.1. The average molecular weight is 959 g/mol. The number of H-pyrrole nitrogens is 1. The summed E-state index contributed by atoms with van der Waals surface area (Å²) in [4.78, 5) is 82.4. The van der Waals surface area contributed by atoms with Crippen LogP contribution >= 0.6 is 11.3 Å². The van der Waals surface area contributed by atoms with E-state index in [4.69, 9.17) is 0 Å². The van der Waals surface area contributed by atoms with Gasteiger partial charge in [0.1, 0.15) is 5.82 Å². The Kier molecular flexibility index (Phi) is 10.2. The van der Waals surface area contributed by atoms with Crippen LogP contribution in [0.15, 0.2) is 72.5 Å². The van der Waals surface area contributed by atoms with Crippen LogP contribution in [0.3, 0.4) is 0 Å². The van der Waals surface area contributed by atoms with E-state index in [2.05, 4.69) is 35.7 Å². The molecule has 3 aromatic heterocycles. The van der Waals surface area contributed by atoms with Gasteiger partial charge in [0.15, 0.2) is 17.0 Å². The number of nitrogens with one attached hydrogen (secondary N) is 3. The first kappa shape index (κ1) is 43.2. The molecule has 354 valence electrons. The predicted octanol–water partition coefficient (Wildman–Crippen LogP) is 5.52. The first-order valence-electron chi connectivity index (χ1n) is 23.0. The van der Waals surface area contributed by atoms with E-state index in [-0.39, 0.29) is 60.8 Å². The van der Waals surface area contributed by atoms with E-state index in [0.717, 1.165) is 49.4 Å². The summed E-state index contributed by atoms with van der Waals surface area (Å²) in [6.45, 7) is 3.09. The van der Waals surface area contributed by atoms with Gasteiger partial charge in [0.25, 0.3) is 17.7 Å². The molecule has 17 nitrogen and oxygen atoms in total. The number of amides is 6. The number of alkyl halides is 2. The molecule has 0 aliphatic carbocycles. The molecule has 4 fully saturated rings. The molecule has 9 heterocycles. The number of likely N-dealkylation sites (tertiary alicyclic amines) is 2. The van der Waals surface area contributed by atoms with E-state index in [9.17, 15) is 24.0 Å². The van der Waals surface area contributed by atoms with E-state index < -0.39 is 48.1 Å². The summed E-state index contributed by atoms with van der Waals surface area (Å²) < 4.78 is 49.5.